The number of nitrogens with zero attached hydrogens (tertiary/aromatic N) is 2. The number of para-hydroxylation sites is 1. The van der Waals surface area contributed by atoms with Crippen LogP contribution >= 0.6 is 0 Å². The zero-order chi connectivity index (χ0) is 13.1. The molecule has 1 saturated heterocycles. The Labute approximate surface area is 117 Å². The molecule has 0 N–H and O–H groups in total. The van der Waals surface area contributed by atoms with Crippen LogP contribution in [0.2, 0.25) is 0 Å². The largest absolute Gasteiger partial charge is 0.369 e. The average Bonchev–Trinajstić information content (AvgIpc) is 2.48. The van der Waals surface area contributed by atoms with Crippen LogP contribution < -0.4 is 4.90 Å². The normalized spacial score (nSPS) is 29.4. The van der Waals surface area contributed by atoms with Gasteiger partial charge in [0.2, 0.25) is 0 Å². The summed E-state index contributed by atoms with van der Waals surface area (Å²) >= 11 is 0. The van der Waals surface area contributed by atoms with Crippen molar-refractivity contribution in [1.82, 2.24) is 4.90 Å². The Hall–Kier alpha value is -1.02. The lowest BCUT2D eigenvalue weighted by molar-refractivity contribution is 0.127. The van der Waals surface area contributed by atoms with E-state index in [-0.39, 0.29) is 0 Å². The molecular weight excluding hydrogens is 232 g/mol. The van der Waals surface area contributed by atoms with E-state index in [1.807, 2.05) is 0 Å². The van der Waals surface area contributed by atoms with Gasteiger partial charge in [0.15, 0.2) is 0 Å². The van der Waals surface area contributed by atoms with Crippen molar-refractivity contribution in [3.8, 4) is 0 Å². The van der Waals surface area contributed by atoms with Crippen molar-refractivity contribution in [2.45, 2.75) is 38.6 Å². The molecule has 0 unspecified atom stereocenters. The van der Waals surface area contributed by atoms with Gasteiger partial charge in [-0.1, -0.05) is 38.0 Å². The van der Waals surface area contributed by atoms with Gasteiger partial charge in [-0.2, -0.15) is 0 Å². The van der Waals surface area contributed by atoms with E-state index >= 15 is 0 Å². The molecular formula is C17H26N2. The van der Waals surface area contributed by atoms with E-state index in [4.69, 9.17) is 0 Å². The van der Waals surface area contributed by atoms with Crippen molar-refractivity contribution >= 4 is 5.69 Å². The lowest BCUT2D eigenvalue weighted by atomic mass is 9.86. The molecule has 104 valence electrons. The van der Waals surface area contributed by atoms with E-state index in [1.54, 1.807) is 0 Å². The highest BCUT2D eigenvalue weighted by Crippen LogP contribution is 2.28. The van der Waals surface area contributed by atoms with Crippen LogP contribution in [0, 0.1) is 5.92 Å². The zero-order valence-electron chi connectivity index (χ0n) is 12.1. The standard InChI is InChI=1S/C17H26N2/c1-15-6-5-9-17(14-15)19-12-10-18(11-13-19)16-7-3-2-4-8-16/h2-4,7-8,15,17H,5-6,9-14H2,1H3/t15-,17-/m1/s1. The molecule has 1 aliphatic heterocycles. The molecule has 19 heavy (non-hydrogen) atoms. The molecule has 2 aliphatic rings. The summed E-state index contributed by atoms with van der Waals surface area (Å²) in [4.78, 5) is 5.28. The first-order valence-corrected chi connectivity index (χ1v) is 7.87. The Morgan fingerprint density at radius 2 is 1.68 bits per heavy atom. The number of benzene rings is 1. The average molecular weight is 258 g/mol. The van der Waals surface area contributed by atoms with Gasteiger partial charge in [0.05, 0.1) is 0 Å². The summed E-state index contributed by atoms with van der Waals surface area (Å²) < 4.78 is 0. The molecule has 1 saturated carbocycles. The van der Waals surface area contributed by atoms with Crippen LogP contribution in [0.25, 0.3) is 0 Å². The lowest BCUT2D eigenvalue weighted by Crippen LogP contribution is -2.51. The summed E-state index contributed by atoms with van der Waals surface area (Å²) in [6, 6.07) is 11.7. The van der Waals surface area contributed by atoms with Gasteiger partial charge in [-0.25, -0.2) is 0 Å². The molecule has 0 spiro atoms. The molecule has 0 bridgehead atoms. The smallest absolute Gasteiger partial charge is 0.0367 e. The second kappa shape index (κ2) is 5.96. The van der Waals surface area contributed by atoms with Crippen molar-refractivity contribution in [3.63, 3.8) is 0 Å². The van der Waals surface area contributed by atoms with Gasteiger partial charge in [0.25, 0.3) is 0 Å². The molecule has 0 amide bonds. The third kappa shape index (κ3) is 3.11. The summed E-state index contributed by atoms with van der Waals surface area (Å²) in [5, 5.41) is 0. The molecule has 2 heteroatoms. The van der Waals surface area contributed by atoms with Gasteiger partial charge in [-0.05, 0) is 30.9 Å². The quantitative estimate of drug-likeness (QED) is 0.802. The van der Waals surface area contributed by atoms with Crippen molar-refractivity contribution in [3.05, 3.63) is 30.3 Å². The van der Waals surface area contributed by atoms with Crippen molar-refractivity contribution in [2.75, 3.05) is 31.1 Å². The van der Waals surface area contributed by atoms with E-state index in [1.165, 1.54) is 57.5 Å². The number of hydrogen-bond donors (Lipinski definition) is 0. The summed E-state index contributed by atoms with van der Waals surface area (Å²) in [5.74, 6) is 0.936. The minimum atomic E-state index is 0.863. The summed E-state index contributed by atoms with van der Waals surface area (Å²) in [5.41, 5.74) is 1.39. The summed E-state index contributed by atoms with van der Waals surface area (Å²) in [6.45, 7) is 7.29. The predicted octanol–water partition coefficient (Wildman–Crippen LogP) is 3.39. The molecule has 1 aromatic carbocycles. The highest BCUT2D eigenvalue weighted by Gasteiger charge is 2.27. The predicted molar refractivity (Wildman–Crippen MR) is 81.6 cm³/mol. The zero-order valence-corrected chi connectivity index (χ0v) is 12.1. The van der Waals surface area contributed by atoms with E-state index in [0.717, 1.165) is 12.0 Å². The Morgan fingerprint density at radius 1 is 0.947 bits per heavy atom. The number of rotatable bonds is 2. The number of hydrogen-bond acceptors (Lipinski definition) is 2. The monoisotopic (exact) mass is 258 g/mol. The van der Waals surface area contributed by atoms with Crippen molar-refractivity contribution in [2.24, 2.45) is 5.92 Å². The molecule has 1 aromatic rings. The van der Waals surface area contributed by atoms with E-state index in [0.29, 0.717) is 0 Å². The Morgan fingerprint density at radius 3 is 2.37 bits per heavy atom. The van der Waals surface area contributed by atoms with E-state index in [2.05, 4.69) is 47.1 Å². The maximum absolute atomic E-state index is 2.75. The Kier molecular flexibility index (Phi) is 4.07. The molecule has 0 aromatic heterocycles. The second-order valence-electron chi connectivity index (χ2n) is 6.28. The van der Waals surface area contributed by atoms with Crippen LogP contribution in [0.3, 0.4) is 0 Å². The van der Waals surface area contributed by atoms with Crippen LogP contribution in [0.15, 0.2) is 30.3 Å². The van der Waals surface area contributed by atoms with Gasteiger partial charge < -0.3 is 4.90 Å². The van der Waals surface area contributed by atoms with Crippen molar-refractivity contribution in [1.29, 1.82) is 0 Å². The van der Waals surface area contributed by atoms with E-state index in [9.17, 15) is 0 Å². The van der Waals surface area contributed by atoms with Crippen molar-refractivity contribution < 1.29 is 0 Å². The fourth-order valence-electron chi connectivity index (χ4n) is 3.72. The molecule has 1 heterocycles. The van der Waals surface area contributed by atoms with Crippen LogP contribution in [0.1, 0.15) is 32.6 Å². The fourth-order valence-corrected chi connectivity index (χ4v) is 3.72. The number of piperazine rings is 1. The third-order valence-electron chi connectivity index (χ3n) is 4.86. The van der Waals surface area contributed by atoms with Crippen LogP contribution in [0.4, 0.5) is 5.69 Å². The van der Waals surface area contributed by atoms with Crippen LogP contribution in [-0.4, -0.2) is 37.1 Å². The van der Waals surface area contributed by atoms with Gasteiger partial charge in [-0.3, -0.25) is 4.90 Å². The highest BCUT2D eigenvalue weighted by molar-refractivity contribution is 5.46. The lowest BCUT2D eigenvalue weighted by Gasteiger charge is -2.42. The SMILES string of the molecule is C[C@@H]1CCC[C@@H](N2CCN(c3ccccc3)CC2)C1. The first-order valence-electron chi connectivity index (χ1n) is 7.87. The molecule has 2 fully saturated rings. The minimum Gasteiger partial charge on any atom is -0.369 e. The third-order valence-corrected chi connectivity index (χ3v) is 4.86. The molecule has 2 nitrogen and oxygen atoms in total. The summed E-state index contributed by atoms with van der Waals surface area (Å²) in [7, 11) is 0. The van der Waals surface area contributed by atoms with Gasteiger partial charge in [0, 0.05) is 37.9 Å². The van der Waals surface area contributed by atoms with Gasteiger partial charge in [0.1, 0.15) is 0 Å². The molecule has 1 aliphatic carbocycles. The molecule has 0 radical (unpaired) electrons. The highest BCUT2D eigenvalue weighted by atomic mass is 15.3. The van der Waals surface area contributed by atoms with Crippen LogP contribution in [-0.2, 0) is 0 Å². The van der Waals surface area contributed by atoms with Crippen LogP contribution in [0.5, 0.6) is 0 Å². The Bertz CT molecular complexity index is 382. The summed E-state index contributed by atoms with van der Waals surface area (Å²) in [6.07, 6.45) is 5.73. The first-order chi connectivity index (χ1) is 9.33. The van der Waals surface area contributed by atoms with Gasteiger partial charge in [-0.15, -0.1) is 0 Å². The number of anilines is 1. The second-order valence-corrected chi connectivity index (χ2v) is 6.28. The fraction of sp³-hybridized carbons (Fsp3) is 0.647. The van der Waals surface area contributed by atoms with E-state index < -0.39 is 0 Å². The van der Waals surface area contributed by atoms with Gasteiger partial charge >= 0.3 is 0 Å². The molecule has 2 atom stereocenters. The maximum Gasteiger partial charge on any atom is 0.0367 e. The maximum atomic E-state index is 2.75. The Balaban J connectivity index is 1.54. The minimum absolute atomic E-state index is 0.863. The molecule has 3 rings (SSSR count). The topological polar surface area (TPSA) is 6.48 Å². The first kappa shape index (κ1) is 13.0.